The van der Waals surface area contributed by atoms with E-state index in [2.05, 4.69) is 20.8 Å². The van der Waals surface area contributed by atoms with E-state index in [0.717, 1.165) is 57.8 Å². The summed E-state index contributed by atoms with van der Waals surface area (Å²) in [7, 11) is 1.68. The molecule has 3 saturated heterocycles. The molecule has 0 aromatic carbocycles. The maximum absolute atomic E-state index is 12.8. The largest absolute Gasteiger partial charge is 0.396 e. The van der Waals surface area contributed by atoms with Crippen LogP contribution in [0.2, 0.25) is 0 Å². The molecule has 3 aliphatic heterocycles. The Morgan fingerprint density at radius 2 is 1.54 bits per heavy atom. The molecule has 54 heavy (non-hydrogen) atoms. The van der Waals surface area contributed by atoms with Crippen LogP contribution in [0.4, 0.5) is 0 Å². The van der Waals surface area contributed by atoms with Crippen LogP contribution in [0.3, 0.4) is 0 Å². The third kappa shape index (κ3) is 6.36. The van der Waals surface area contributed by atoms with Gasteiger partial charge in [0.1, 0.15) is 48.3 Å². The topological polar surface area (TPSA) is 217 Å². The van der Waals surface area contributed by atoms with E-state index in [1.807, 2.05) is 6.92 Å². The van der Waals surface area contributed by atoms with Crippen molar-refractivity contribution in [2.45, 2.75) is 184 Å². The molecule has 7 fully saturated rings. The van der Waals surface area contributed by atoms with Crippen molar-refractivity contribution in [1.29, 1.82) is 0 Å². The van der Waals surface area contributed by atoms with Gasteiger partial charge in [-0.3, -0.25) is 0 Å². The molecular weight excluding hydrogens is 704 g/mol. The monoisotopic (exact) mass is 772 g/mol. The van der Waals surface area contributed by atoms with Gasteiger partial charge in [0.25, 0.3) is 0 Å². The standard InChI is InChI=1S/C40H68O14/c1-19(17-41)9-14-39(49-6)21(3)40(48)28(54-39)16-26-24-8-7-22-15-23(10-12-37(22,4)25(24)11-13-38(26,40)5)51-36-34(32(46)30(44)27(18-42)52-36)53-35-33(47)31(45)29(43)20(2)50-35/h19-36,41-48H,7-18H2,1-6H3/t19-,20+,21-,22?,23+,24-,25+,26+,27-,28+,29+,30-,31-,32+,33-,34-,35+,36+,37+,38+,39-,40-/m1/s1. The summed E-state index contributed by atoms with van der Waals surface area (Å²) in [5, 5.41) is 85.4. The Morgan fingerprint density at radius 3 is 2.22 bits per heavy atom. The first-order valence-corrected chi connectivity index (χ1v) is 20.7. The van der Waals surface area contributed by atoms with Gasteiger partial charge in [0, 0.05) is 31.5 Å². The average Bonchev–Trinajstić information content (AvgIpc) is 3.52. The third-order valence-corrected chi connectivity index (χ3v) is 16.4. The molecule has 4 aliphatic carbocycles. The van der Waals surface area contributed by atoms with Crippen LogP contribution in [0, 0.1) is 46.3 Å². The number of rotatable bonds is 10. The van der Waals surface area contributed by atoms with Gasteiger partial charge in [-0.15, -0.1) is 0 Å². The van der Waals surface area contributed by atoms with E-state index < -0.39 is 79.4 Å². The van der Waals surface area contributed by atoms with E-state index in [1.165, 1.54) is 6.92 Å². The van der Waals surface area contributed by atoms with Crippen molar-refractivity contribution >= 4 is 0 Å². The highest BCUT2D eigenvalue weighted by atomic mass is 16.8. The van der Waals surface area contributed by atoms with Crippen molar-refractivity contribution in [3.8, 4) is 0 Å². The number of fused-ring (bicyclic) bond motifs is 7. The molecule has 0 amide bonds. The summed E-state index contributed by atoms with van der Waals surface area (Å²) in [6.45, 7) is 9.92. The molecule has 14 nitrogen and oxygen atoms in total. The van der Waals surface area contributed by atoms with E-state index in [1.54, 1.807) is 7.11 Å². The fourth-order valence-corrected chi connectivity index (χ4v) is 12.9. The van der Waals surface area contributed by atoms with Crippen LogP contribution in [-0.4, -0.2) is 146 Å². The van der Waals surface area contributed by atoms with Crippen molar-refractivity contribution in [3.05, 3.63) is 0 Å². The molecular formula is C40H68O14. The average molecular weight is 773 g/mol. The molecule has 7 rings (SSSR count). The summed E-state index contributed by atoms with van der Waals surface area (Å²) >= 11 is 0. The van der Waals surface area contributed by atoms with Crippen molar-refractivity contribution in [3.63, 3.8) is 0 Å². The zero-order chi connectivity index (χ0) is 39.1. The molecule has 3 heterocycles. The summed E-state index contributed by atoms with van der Waals surface area (Å²) in [4.78, 5) is 0. The molecule has 0 spiro atoms. The molecule has 8 N–H and O–H groups in total. The van der Waals surface area contributed by atoms with Gasteiger partial charge in [-0.2, -0.15) is 0 Å². The van der Waals surface area contributed by atoms with Crippen molar-refractivity contribution < 1.29 is 69.3 Å². The first-order chi connectivity index (χ1) is 25.5. The molecule has 0 radical (unpaired) electrons. The Labute approximate surface area is 319 Å². The first-order valence-electron chi connectivity index (χ1n) is 20.7. The Kier molecular flexibility index (Phi) is 11.7. The van der Waals surface area contributed by atoms with Crippen molar-refractivity contribution in [2.75, 3.05) is 20.3 Å². The smallest absolute Gasteiger partial charge is 0.187 e. The second kappa shape index (κ2) is 15.2. The van der Waals surface area contributed by atoms with Crippen LogP contribution >= 0.6 is 0 Å². The van der Waals surface area contributed by atoms with Crippen LogP contribution in [0.1, 0.15) is 98.8 Å². The Bertz CT molecular complexity index is 1310. The zero-order valence-electron chi connectivity index (χ0n) is 32.9. The number of methoxy groups -OCH3 is 1. The zero-order valence-corrected chi connectivity index (χ0v) is 32.9. The Balaban J connectivity index is 1.04. The molecule has 1 unspecified atom stereocenters. The summed E-state index contributed by atoms with van der Waals surface area (Å²) in [6, 6.07) is 0. The van der Waals surface area contributed by atoms with E-state index >= 15 is 0 Å². The lowest BCUT2D eigenvalue weighted by molar-refractivity contribution is -0.371. The summed E-state index contributed by atoms with van der Waals surface area (Å²) in [5.74, 6) is 0.658. The second-order valence-corrected chi connectivity index (χ2v) is 18.9. The predicted octanol–water partition coefficient (Wildman–Crippen LogP) is 1.19. The van der Waals surface area contributed by atoms with Gasteiger partial charge >= 0.3 is 0 Å². The van der Waals surface area contributed by atoms with E-state index in [0.29, 0.717) is 30.1 Å². The SMILES string of the molecule is CO[C@]1(CC[C@@H](C)CO)O[C@H]2C[C@H]3[C@@H]4CCC5C[C@@H](O[C@H]6O[C@H](CO)[C@@H](O)[C@H](O)[C@H]6O[C@@H]6O[C@@H](C)[C@H](O)[C@@H](O)[C@H]6O)CC[C@]5(C)[C@H]4CC[C@]3(C)[C@@]2(O)[C@@H]1C. The van der Waals surface area contributed by atoms with Gasteiger partial charge in [-0.05, 0) is 99.7 Å². The summed E-state index contributed by atoms with van der Waals surface area (Å²) in [5.41, 5.74) is -1.26. The van der Waals surface area contributed by atoms with E-state index in [4.69, 9.17) is 28.4 Å². The number of aliphatic hydroxyl groups is 8. The minimum Gasteiger partial charge on any atom is -0.396 e. The highest BCUT2D eigenvalue weighted by molar-refractivity contribution is 5.23. The molecule has 22 atom stereocenters. The predicted molar refractivity (Wildman–Crippen MR) is 191 cm³/mol. The minimum atomic E-state index is -1.63. The lowest BCUT2D eigenvalue weighted by Gasteiger charge is -2.62. The molecule has 4 saturated carbocycles. The molecule has 0 aromatic rings. The van der Waals surface area contributed by atoms with Crippen LogP contribution in [-0.2, 0) is 28.4 Å². The van der Waals surface area contributed by atoms with Gasteiger partial charge in [0.05, 0.1) is 24.9 Å². The maximum atomic E-state index is 12.8. The van der Waals surface area contributed by atoms with Gasteiger partial charge in [-0.25, -0.2) is 0 Å². The molecule has 0 aromatic heterocycles. The van der Waals surface area contributed by atoms with Gasteiger partial charge in [0.15, 0.2) is 18.4 Å². The number of hydrogen-bond acceptors (Lipinski definition) is 14. The third-order valence-electron chi connectivity index (χ3n) is 16.4. The quantitative estimate of drug-likeness (QED) is 0.147. The van der Waals surface area contributed by atoms with Gasteiger partial charge in [0.2, 0.25) is 0 Å². The van der Waals surface area contributed by atoms with Crippen LogP contribution in [0.15, 0.2) is 0 Å². The van der Waals surface area contributed by atoms with E-state index in [-0.39, 0.29) is 41.5 Å². The van der Waals surface area contributed by atoms with Gasteiger partial charge in [-0.1, -0.05) is 27.7 Å². The first kappa shape index (κ1) is 41.6. The van der Waals surface area contributed by atoms with Crippen molar-refractivity contribution in [1.82, 2.24) is 0 Å². The Morgan fingerprint density at radius 1 is 0.796 bits per heavy atom. The lowest BCUT2D eigenvalue weighted by atomic mass is 9.44. The highest BCUT2D eigenvalue weighted by Crippen LogP contribution is 2.72. The number of ether oxygens (including phenoxy) is 6. The summed E-state index contributed by atoms with van der Waals surface area (Å²) < 4.78 is 37.1. The second-order valence-electron chi connectivity index (χ2n) is 18.9. The number of hydrogen-bond donors (Lipinski definition) is 8. The maximum Gasteiger partial charge on any atom is 0.187 e. The van der Waals surface area contributed by atoms with Gasteiger partial charge < -0.3 is 69.3 Å². The fraction of sp³-hybridized carbons (Fsp3) is 1.00. The molecule has 14 heteroatoms. The number of aliphatic hydroxyl groups excluding tert-OH is 7. The molecule has 7 aliphatic rings. The van der Waals surface area contributed by atoms with E-state index in [9.17, 15) is 40.9 Å². The molecule has 312 valence electrons. The van der Waals surface area contributed by atoms with Crippen LogP contribution in [0.5, 0.6) is 0 Å². The fourth-order valence-electron chi connectivity index (χ4n) is 12.9. The van der Waals surface area contributed by atoms with Crippen LogP contribution < -0.4 is 0 Å². The molecule has 0 bridgehead atoms. The van der Waals surface area contributed by atoms with Crippen LogP contribution in [0.25, 0.3) is 0 Å². The minimum absolute atomic E-state index is 0.0629. The highest BCUT2D eigenvalue weighted by Gasteiger charge is 2.76. The lowest BCUT2D eigenvalue weighted by Crippen LogP contribution is -2.64. The summed E-state index contributed by atoms with van der Waals surface area (Å²) in [6.07, 6.45) is -5.51. The Hall–Kier alpha value is -0.560. The normalized spacial score (nSPS) is 56.4. The van der Waals surface area contributed by atoms with Crippen molar-refractivity contribution in [2.24, 2.45) is 46.3 Å².